The molecule has 0 radical (unpaired) electrons. The van der Waals surface area contributed by atoms with Crippen LogP contribution in [0.2, 0.25) is 0 Å². The molecule has 80 valence electrons. The largest absolute Gasteiger partial charge is 0.496 e. The second-order valence-electron chi connectivity index (χ2n) is 4.49. The highest BCUT2D eigenvalue weighted by Crippen LogP contribution is 2.44. The Kier molecular flexibility index (Phi) is 1.89. The van der Waals surface area contributed by atoms with E-state index in [0.717, 1.165) is 25.1 Å². The highest BCUT2D eigenvalue weighted by atomic mass is 16.5. The third kappa shape index (κ3) is 1.23. The third-order valence-corrected chi connectivity index (χ3v) is 3.53. The van der Waals surface area contributed by atoms with Crippen molar-refractivity contribution in [3.8, 4) is 5.75 Å². The minimum Gasteiger partial charge on any atom is -0.496 e. The fourth-order valence-corrected chi connectivity index (χ4v) is 2.91. The van der Waals surface area contributed by atoms with Crippen LogP contribution in [0, 0.1) is 0 Å². The van der Waals surface area contributed by atoms with E-state index in [-0.39, 0.29) is 6.04 Å². The Hall–Kier alpha value is -1.22. The number of ether oxygens (including phenoxy) is 1. The zero-order chi connectivity index (χ0) is 10.4. The van der Waals surface area contributed by atoms with Gasteiger partial charge in [-0.15, -0.1) is 0 Å². The molecule has 3 heteroatoms. The van der Waals surface area contributed by atoms with Gasteiger partial charge in [-0.1, -0.05) is 0 Å². The van der Waals surface area contributed by atoms with Crippen LogP contribution in [-0.4, -0.2) is 19.7 Å². The summed E-state index contributed by atoms with van der Waals surface area (Å²) >= 11 is 0. The van der Waals surface area contributed by atoms with Gasteiger partial charge in [0.25, 0.3) is 0 Å². The third-order valence-electron chi connectivity index (χ3n) is 3.53. The van der Waals surface area contributed by atoms with Crippen LogP contribution < -0.4 is 15.8 Å². The van der Waals surface area contributed by atoms with Crippen LogP contribution in [0.1, 0.15) is 23.5 Å². The summed E-state index contributed by atoms with van der Waals surface area (Å²) in [6, 6.07) is 4.45. The van der Waals surface area contributed by atoms with Crippen LogP contribution in [0.25, 0.3) is 0 Å². The summed E-state index contributed by atoms with van der Waals surface area (Å²) in [6.45, 7) is 1.03. The van der Waals surface area contributed by atoms with Gasteiger partial charge in [-0.2, -0.15) is 0 Å². The molecule has 3 N–H and O–H groups in total. The first-order chi connectivity index (χ1) is 7.29. The van der Waals surface area contributed by atoms with E-state index in [0.29, 0.717) is 5.92 Å². The maximum Gasteiger partial charge on any atom is 0.122 e. The lowest BCUT2D eigenvalue weighted by Gasteiger charge is -2.27. The van der Waals surface area contributed by atoms with Crippen molar-refractivity contribution in [2.45, 2.75) is 24.8 Å². The van der Waals surface area contributed by atoms with Gasteiger partial charge in [0.2, 0.25) is 0 Å². The average Bonchev–Trinajstić information content (AvgIpc) is 2.63. The van der Waals surface area contributed by atoms with Crippen LogP contribution in [0.4, 0.5) is 5.69 Å². The summed E-state index contributed by atoms with van der Waals surface area (Å²) in [5.74, 6) is 1.59. The number of benzene rings is 1. The number of hydrogen-bond acceptors (Lipinski definition) is 3. The van der Waals surface area contributed by atoms with E-state index in [1.807, 2.05) is 6.07 Å². The van der Waals surface area contributed by atoms with Gasteiger partial charge in [-0.05, 0) is 30.5 Å². The second kappa shape index (κ2) is 3.14. The molecule has 1 aromatic carbocycles. The van der Waals surface area contributed by atoms with Gasteiger partial charge in [-0.3, -0.25) is 0 Å². The zero-order valence-corrected chi connectivity index (χ0v) is 8.92. The highest BCUT2D eigenvalue weighted by molar-refractivity contribution is 5.65. The molecule has 1 aliphatic carbocycles. The fourth-order valence-electron chi connectivity index (χ4n) is 2.91. The molecular formula is C12H16N2O. The first-order valence-electron chi connectivity index (χ1n) is 5.49. The van der Waals surface area contributed by atoms with Crippen molar-refractivity contribution < 1.29 is 4.74 Å². The molecule has 2 unspecified atom stereocenters. The molecule has 2 atom stereocenters. The molecule has 1 aromatic rings. The Bertz CT molecular complexity index is 403. The topological polar surface area (TPSA) is 47.3 Å². The van der Waals surface area contributed by atoms with Gasteiger partial charge in [-0.25, -0.2) is 0 Å². The van der Waals surface area contributed by atoms with E-state index in [4.69, 9.17) is 10.5 Å². The van der Waals surface area contributed by atoms with Crippen molar-refractivity contribution in [3.05, 3.63) is 23.3 Å². The van der Waals surface area contributed by atoms with E-state index in [1.54, 1.807) is 7.11 Å². The van der Waals surface area contributed by atoms with Gasteiger partial charge in [0, 0.05) is 29.8 Å². The summed E-state index contributed by atoms with van der Waals surface area (Å²) < 4.78 is 5.41. The molecule has 0 fully saturated rings. The summed E-state index contributed by atoms with van der Waals surface area (Å²) in [6.07, 6.45) is 2.05. The minimum absolute atomic E-state index is 0.284. The molecule has 2 aliphatic rings. The van der Waals surface area contributed by atoms with Crippen molar-refractivity contribution in [3.63, 3.8) is 0 Å². The standard InChI is InChI=1S/C12H16N2O/c1-15-11-3-2-10-12-7(6-14-10)4-8(13)5-9(11)12/h2-3,7-8,14H,4-6,13H2,1H3. The normalized spacial score (nSPS) is 27.1. The number of nitrogens with two attached hydrogens (primary N) is 1. The quantitative estimate of drug-likeness (QED) is 0.728. The summed E-state index contributed by atoms with van der Waals surface area (Å²) in [5, 5.41) is 3.44. The molecule has 0 amide bonds. The molecule has 0 aromatic heterocycles. The number of anilines is 1. The summed E-state index contributed by atoms with van der Waals surface area (Å²) in [7, 11) is 1.73. The lowest BCUT2D eigenvalue weighted by molar-refractivity contribution is 0.400. The lowest BCUT2D eigenvalue weighted by Crippen LogP contribution is -2.30. The number of methoxy groups -OCH3 is 1. The van der Waals surface area contributed by atoms with Crippen molar-refractivity contribution in [2.24, 2.45) is 5.73 Å². The van der Waals surface area contributed by atoms with Gasteiger partial charge in [0.15, 0.2) is 0 Å². The van der Waals surface area contributed by atoms with Crippen LogP contribution in [0.3, 0.4) is 0 Å². The molecule has 15 heavy (non-hydrogen) atoms. The smallest absolute Gasteiger partial charge is 0.122 e. The van der Waals surface area contributed by atoms with Crippen LogP contribution in [0.5, 0.6) is 5.75 Å². The lowest BCUT2D eigenvalue weighted by atomic mass is 9.81. The molecule has 0 spiro atoms. The van der Waals surface area contributed by atoms with Crippen LogP contribution in [0.15, 0.2) is 12.1 Å². The van der Waals surface area contributed by atoms with Crippen molar-refractivity contribution in [1.29, 1.82) is 0 Å². The Morgan fingerprint density at radius 3 is 3.13 bits per heavy atom. The maximum atomic E-state index is 6.08. The molecule has 3 nitrogen and oxygen atoms in total. The first-order valence-corrected chi connectivity index (χ1v) is 5.49. The molecule has 1 heterocycles. The highest BCUT2D eigenvalue weighted by Gasteiger charge is 2.33. The molecular weight excluding hydrogens is 188 g/mol. The van der Waals surface area contributed by atoms with E-state index in [1.165, 1.54) is 16.8 Å². The van der Waals surface area contributed by atoms with Crippen molar-refractivity contribution in [2.75, 3.05) is 19.0 Å². The Balaban J connectivity index is 2.18. The number of rotatable bonds is 1. The molecule has 0 bridgehead atoms. The Labute approximate surface area is 89.6 Å². The van der Waals surface area contributed by atoms with Crippen molar-refractivity contribution >= 4 is 5.69 Å². The van der Waals surface area contributed by atoms with Gasteiger partial charge in [0.1, 0.15) is 5.75 Å². The predicted octanol–water partition coefficient (Wildman–Crippen LogP) is 1.48. The van der Waals surface area contributed by atoms with Gasteiger partial charge >= 0.3 is 0 Å². The SMILES string of the molecule is COc1ccc2c3c1CC(N)CC3CN2. The molecule has 3 rings (SSSR count). The fraction of sp³-hybridized carbons (Fsp3) is 0.500. The molecule has 0 saturated heterocycles. The monoisotopic (exact) mass is 204 g/mol. The van der Waals surface area contributed by atoms with Crippen LogP contribution >= 0.6 is 0 Å². The minimum atomic E-state index is 0.284. The molecule has 1 aliphatic heterocycles. The first kappa shape index (κ1) is 9.04. The second-order valence-corrected chi connectivity index (χ2v) is 4.49. The van der Waals surface area contributed by atoms with Gasteiger partial charge < -0.3 is 15.8 Å². The predicted molar refractivity (Wildman–Crippen MR) is 60.5 cm³/mol. The Morgan fingerprint density at radius 2 is 2.33 bits per heavy atom. The summed E-state index contributed by atoms with van der Waals surface area (Å²) in [5.41, 5.74) is 10.1. The van der Waals surface area contributed by atoms with E-state index in [2.05, 4.69) is 11.4 Å². The van der Waals surface area contributed by atoms with Crippen molar-refractivity contribution in [1.82, 2.24) is 0 Å². The summed E-state index contributed by atoms with van der Waals surface area (Å²) in [4.78, 5) is 0. The number of nitrogens with one attached hydrogen (secondary N) is 1. The van der Waals surface area contributed by atoms with Gasteiger partial charge in [0.05, 0.1) is 7.11 Å². The van der Waals surface area contributed by atoms with E-state index < -0.39 is 0 Å². The molecule has 0 saturated carbocycles. The van der Waals surface area contributed by atoms with E-state index >= 15 is 0 Å². The zero-order valence-electron chi connectivity index (χ0n) is 8.92. The maximum absolute atomic E-state index is 6.08. The average molecular weight is 204 g/mol. The Morgan fingerprint density at radius 1 is 1.47 bits per heavy atom. The van der Waals surface area contributed by atoms with E-state index in [9.17, 15) is 0 Å². The number of hydrogen-bond donors (Lipinski definition) is 2. The van der Waals surface area contributed by atoms with Crippen LogP contribution in [-0.2, 0) is 6.42 Å².